The lowest BCUT2D eigenvalue weighted by atomic mass is 10.1. The summed E-state index contributed by atoms with van der Waals surface area (Å²) in [5, 5.41) is 12.8. The number of benzene rings is 1. The monoisotopic (exact) mass is 578 g/mol. The Morgan fingerprint density at radius 2 is 2.00 bits per heavy atom. The van der Waals surface area contributed by atoms with Gasteiger partial charge in [-0.3, -0.25) is 13.9 Å². The van der Waals surface area contributed by atoms with Gasteiger partial charge in [-0.1, -0.05) is 18.2 Å². The lowest BCUT2D eigenvalue weighted by Crippen LogP contribution is -2.36. The maximum atomic E-state index is 15.1. The minimum absolute atomic E-state index is 0.0992. The van der Waals surface area contributed by atoms with E-state index in [1.807, 2.05) is 0 Å². The molecule has 39 heavy (non-hydrogen) atoms. The molecular formula is C21H23F4N6O7P. The van der Waals surface area contributed by atoms with Crippen molar-refractivity contribution in [2.45, 2.75) is 43.7 Å². The Balaban J connectivity index is 1.56. The van der Waals surface area contributed by atoms with Crippen LogP contribution in [-0.2, 0) is 29.5 Å². The number of esters is 1. The average Bonchev–Trinajstić information content (AvgIpc) is 3.43. The molecule has 6 atom stereocenters. The summed E-state index contributed by atoms with van der Waals surface area (Å²) in [4.78, 5) is 22.3. The number of aliphatic hydroxyl groups excluding tert-OH is 1. The van der Waals surface area contributed by atoms with Crippen LogP contribution in [0.4, 0.5) is 23.4 Å². The Labute approximate surface area is 217 Å². The highest BCUT2D eigenvalue weighted by Gasteiger charge is 2.47. The Hall–Kier alpha value is -3.37. The van der Waals surface area contributed by atoms with Gasteiger partial charge in [-0.25, -0.2) is 23.9 Å². The van der Waals surface area contributed by atoms with Gasteiger partial charge in [-0.2, -0.15) is 18.3 Å². The molecule has 3 heterocycles. The minimum atomic E-state index is -4.95. The zero-order valence-electron chi connectivity index (χ0n) is 20.3. The number of hydrogen-bond acceptors (Lipinski definition) is 11. The number of nitrogen functional groups attached to an aromatic ring is 1. The van der Waals surface area contributed by atoms with E-state index in [0.29, 0.717) is 0 Å². The van der Waals surface area contributed by atoms with Crippen LogP contribution < -0.4 is 15.3 Å². The Kier molecular flexibility index (Phi) is 8.09. The summed E-state index contributed by atoms with van der Waals surface area (Å²) in [5.41, 5.74) is 4.84. The van der Waals surface area contributed by atoms with Gasteiger partial charge in [0.1, 0.15) is 29.5 Å². The van der Waals surface area contributed by atoms with Crippen molar-refractivity contribution < 1.29 is 50.5 Å². The molecule has 4 N–H and O–H groups in total. The molecule has 1 saturated heterocycles. The smallest absolute Gasteiger partial charge is 0.459 e. The predicted molar refractivity (Wildman–Crippen MR) is 125 cm³/mol. The number of carbonyl (C=O) groups excluding carboxylic acids is 1. The molecule has 1 aliphatic heterocycles. The van der Waals surface area contributed by atoms with Gasteiger partial charge in [0.05, 0.1) is 20.0 Å². The van der Waals surface area contributed by atoms with E-state index >= 15 is 4.39 Å². The number of nitrogens with zero attached hydrogens (tertiary/aromatic N) is 4. The topological polar surface area (TPSA) is 173 Å². The first-order valence-corrected chi connectivity index (χ1v) is 12.8. The number of imidazole rings is 1. The molecule has 0 amide bonds. The molecule has 0 saturated carbocycles. The number of nitrogens with two attached hydrogens (primary N) is 1. The maximum absolute atomic E-state index is 15.1. The number of rotatable bonds is 9. The number of para-hydroxylation sites is 1. The summed E-state index contributed by atoms with van der Waals surface area (Å²) in [6.07, 6.45) is -11.3. The quantitative estimate of drug-likeness (QED) is 0.193. The molecule has 1 aromatic carbocycles. The molecule has 0 aliphatic carbocycles. The highest BCUT2D eigenvalue weighted by atomic mass is 31.2. The van der Waals surface area contributed by atoms with E-state index in [-0.39, 0.29) is 11.3 Å². The predicted octanol–water partition coefficient (Wildman–Crippen LogP) is 2.38. The van der Waals surface area contributed by atoms with Gasteiger partial charge in [0, 0.05) is 0 Å². The van der Waals surface area contributed by atoms with E-state index in [4.69, 9.17) is 19.5 Å². The fraction of sp³-hybridized carbons (Fsp3) is 0.429. The van der Waals surface area contributed by atoms with Crippen LogP contribution in [0, 0.1) is 0 Å². The zero-order chi connectivity index (χ0) is 28.5. The molecule has 1 aliphatic rings. The van der Waals surface area contributed by atoms with Crippen LogP contribution in [0.3, 0.4) is 0 Å². The normalized spacial score (nSPS) is 23.9. The van der Waals surface area contributed by atoms with Crippen molar-refractivity contribution in [3.63, 3.8) is 0 Å². The molecule has 4 rings (SSSR count). The fourth-order valence-corrected chi connectivity index (χ4v) is 5.17. The van der Waals surface area contributed by atoms with Crippen molar-refractivity contribution >= 4 is 30.7 Å². The molecule has 212 valence electrons. The second-order valence-electron chi connectivity index (χ2n) is 8.33. The van der Waals surface area contributed by atoms with Crippen LogP contribution in [0.5, 0.6) is 5.75 Å². The number of carbonyl (C=O) groups is 1. The number of ether oxygens (including phenoxy) is 2. The first-order valence-electron chi connectivity index (χ1n) is 11.2. The summed E-state index contributed by atoms with van der Waals surface area (Å²) in [6.45, 7) is 0.609. The average molecular weight is 578 g/mol. The number of fused-ring (bicyclic) bond motifs is 1. The number of alkyl halides is 4. The van der Waals surface area contributed by atoms with Gasteiger partial charge in [-0.15, -0.1) is 0 Å². The van der Waals surface area contributed by atoms with Crippen molar-refractivity contribution in [2.75, 3.05) is 19.5 Å². The van der Waals surface area contributed by atoms with Gasteiger partial charge in [0.25, 0.3) is 0 Å². The van der Waals surface area contributed by atoms with E-state index in [9.17, 15) is 27.6 Å². The third kappa shape index (κ3) is 6.12. The second kappa shape index (κ2) is 11.0. The summed E-state index contributed by atoms with van der Waals surface area (Å²) in [6, 6.07) is 6.60. The Morgan fingerprint density at radius 1 is 1.31 bits per heavy atom. The number of halogens is 4. The molecule has 0 spiro atoms. The van der Waals surface area contributed by atoms with E-state index in [2.05, 4.69) is 24.8 Å². The highest BCUT2D eigenvalue weighted by Crippen LogP contribution is 2.46. The number of nitrogens with one attached hydrogen (secondary N) is 1. The van der Waals surface area contributed by atoms with Crippen molar-refractivity contribution in [3.05, 3.63) is 42.5 Å². The molecule has 5 unspecified atom stereocenters. The van der Waals surface area contributed by atoms with Crippen LogP contribution >= 0.6 is 7.75 Å². The van der Waals surface area contributed by atoms with E-state index in [1.54, 1.807) is 18.2 Å². The van der Waals surface area contributed by atoms with Crippen LogP contribution in [0.2, 0.25) is 0 Å². The van der Waals surface area contributed by atoms with Crippen molar-refractivity contribution in [2.24, 2.45) is 0 Å². The molecule has 2 aromatic heterocycles. The van der Waals surface area contributed by atoms with Crippen molar-refractivity contribution in [1.29, 1.82) is 0 Å². The molecule has 0 radical (unpaired) electrons. The summed E-state index contributed by atoms with van der Waals surface area (Å²) < 4.78 is 90.0. The molecular weight excluding hydrogens is 555 g/mol. The number of hydrogen-bond donors (Lipinski definition) is 3. The van der Waals surface area contributed by atoms with Crippen LogP contribution in [0.25, 0.3) is 11.2 Å². The van der Waals surface area contributed by atoms with Crippen molar-refractivity contribution in [3.8, 4) is 5.75 Å². The highest BCUT2D eigenvalue weighted by molar-refractivity contribution is 7.52. The van der Waals surface area contributed by atoms with E-state index in [1.165, 1.54) is 19.1 Å². The minimum Gasteiger partial charge on any atom is -0.468 e. The second-order valence-corrected chi connectivity index (χ2v) is 10.0. The number of aliphatic hydroxyl groups is 1. The van der Waals surface area contributed by atoms with Crippen LogP contribution in [-0.4, -0.2) is 68.7 Å². The fourth-order valence-electron chi connectivity index (χ4n) is 3.66. The first-order chi connectivity index (χ1) is 18.3. The number of anilines is 1. The zero-order valence-corrected chi connectivity index (χ0v) is 21.2. The maximum Gasteiger partial charge on any atom is 0.459 e. The lowest BCUT2D eigenvalue weighted by Gasteiger charge is -2.24. The number of methoxy groups -OCH3 is 1. The SMILES string of the molecule is COC(=O)[C@H](C)NP(=O)(OCC1OC(n2cnc3c(N)nc(C(F)(F)F)nc32)C(F)C1O)Oc1ccccc1. The Bertz CT molecular complexity index is 1380. The number of aromatic nitrogens is 4. The van der Waals surface area contributed by atoms with E-state index < -0.39 is 74.4 Å². The molecule has 0 bridgehead atoms. The standard InChI is InChI=1S/C21H23F4N6O7P/c1-10(19(33)35-2)30-39(34,38-11-6-4-3-5-7-11)36-8-12-15(32)13(22)18(37-12)31-9-27-14-16(26)28-20(21(23,24)25)29-17(14)31/h3-7,9-10,12-13,15,18,32H,8H2,1-2H3,(H,30,34)(H2,26,28,29)/t10-,12?,13?,15?,18?,39?/m0/s1. The van der Waals surface area contributed by atoms with Crippen molar-refractivity contribution in [1.82, 2.24) is 24.6 Å². The molecule has 13 nitrogen and oxygen atoms in total. The first kappa shape index (κ1) is 28.6. The van der Waals surface area contributed by atoms with Crippen LogP contribution in [0.15, 0.2) is 36.7 Å². The molecule has 1 fully saturated rings. The lowest BCUT2D eigenvalue weighted by molar-refractivity contribution is -0.144. The summed E-state index contributed by atoms with van der Waals surface area (Å²) >= 11 is 0. The van der Waals surface area contributed by atoms with Gasteiger partial charge in [-0.05, 0) is 19.1 Å². The summed E-state index contributed by atoms with van der Waals surface area (Å²) in [5.74, 6) is -2.86. The largest absolute Gasteiger partial charge is 0.468 e. The third-order valence-corrected chi connectivity index (χ3v) is 7.20. The van der Waals surface area contributed by atoms with E-state index in [0.717, 1.165) is 18.0 Å². The van der Waals surface area contributed by atoms with Gasteiger partial charge in [0.2, 0.25) is 5.82 Å². The molecule has 18 heteroatoms. The third-order valence-electron chi connectivity index (χ3n) is 5.55. The van der Waals surface area contributed by atoms with Gasteiger partial charge >= 0.3 is 19.9 Å². The van der Waals surface area contributed by atoms with Gasteiger partial charge < -0.3 is 24.8 Å². The van der Waals surface area contributed by atoms with Gasteiger partial charge in [0.15, 0.2) is 23.9 Å². The van der Waals surface area contributed by atoms with Crippen LogP contribution in [0.1, 0.15) is 19.0 Å². The summed E-state index contributed by atoms with van der Waals surface area (Å²) in [7, 11) is -3.24. The molecule has 3 aromatic rings. The Morgan fingerprint density at radius 3 is 2.64 bits per heavy atom.